The van der Waals surface area contributed by atoms with Crippen LogP contribution in [0, 0.1) is 40.4 Å². The average molecular weight is 415 g/mol. The summed E-state index contributed by atoms with van der Waals surface area (Å²) in [5.41, 5.74) is 0.836. The van der Waals surface area contributed by atoms with Gasteiger partial charge in [-0.25, -0.2) is 0 Å². The van der Waals surface area contributed by atoms with Gasteiger partial charge in [-0.2, -0.15) is 0 Å². The van der Waals surface area contributed by atoms with Crippen molar-refractivity contribution in [1.29, 1.82) is 0 Å². The van der Waals surface area contributed by atoms with E-state index in [-0.39, 0.29) is 16.6 Å². The maximum Gasteiger partial charge on any atom is 0.308 e. The fourth-order valence-electron chi connectivity index (χ4n) is 7.80. The molecule has 0 aromatic rings. The first-order valence-electron chi connectivity index (χ1n) is 12.1. The van der Waals surface area contributed by atoms with Crippen molar-refractivity contribution in [3.05, 3.63) is 11.3 Å². The molecule has 1 unspecified atom stereocenters. The lowest BCUT2D eigenvalue weighted by Gasteiger charge is -2.57. The van der Waals surface area contributed by atoms with Crippen molar-refractivity contribution in [2.24, 2.45) is 40.4 Å². The Morgan fingerprint density at radius 3 is 2.50 bits per heavy atom. The smallest absolute Gasteiger partial charge is 0.308 e. The third-order valence-electron chi connectivity index (χ3n) is 9.28. The van der Waals surface area contributed by atoms with Gasteiger partial charge < -0.3 is 4.74 Å². The molecule has 4 rings (SSSR count). The monoisotopic (exact) mass is 414 g/mol. The molecule has 0 aromatic carbocycles. The van der Waals surface area contributed by atoms with E-state index in [1.807, 2.05) is 0 Å². The Bertz CT molecular complexity index is 793. The van der Waals surface area contributed by atoms with Gasteiger partial charge in [-0.05, 0) is 79.1 Å². The fourth-order valence-corrected chi connectivity index (χ4v) is 7.80. The molecule has 4 heteroatoms. The Morgan fingerprint density at radius 1 is 1.10 bits per heavy atom. The first kappa shape index (κ1) is 21.8. The number of hydrogen-bond acceptors (Lipinski definition) is 4. The molecule has 0 heterocycles. The molecule has 6 atom stereocenters. The number of carbonyl (C=O) groups excluding carboxylic acids is 3. The van der Waals surface area contributed by atoms with Gasteiger partial charge in [0.05, 0.1) is 0 Å². The van der Waals surface area contributed by atoms with Crippen LogP contribution in [-0.4, -0.2) is 17.5 Å². The van der Waals surface area contributed by atoms with E-state index >= 15 is 0 Å². The van der Waals surface area contributed by atoms with E-state index in [0.29, 0.717) is 47.6 Å². The molecule has 30 heavy (non-hydrogen) atoms. The number of ether oxygens (including phenoxy) is 1. The second-order valence-electron chi connectivity index (χ2n) is 11.4. The fraction of sp³-hybridized carbons (Fsp3) is 0.808. The molecule has 0 amide bonds. The summed E-state index contributed by atoms with van der Waals surface area (Å²) < 4.78 is 5.46. The summed E-state index contributed by atoms with van der Waals surface area (Å²) in [6, 6.07) is 0. The summed E-state index contributed by atoms with van der Waals surface area (Å²) in [7, 11) is 0. The highest BCUT2D eigenvalue weighted by atomic mass is 16.5. The molecule has 0 spiro atoms. The first-order chi connectivity index (χ1) is 14.1. The molecule has 4 nitrogen and oxygen atoms in total. The zero-order valence-corrected chi connectivity index (χ0v) is 19.4. The Labute approximate surface area is 181 Å². The average Bonchev–Trinajstić information content (AvgIpc) is 2.93. The predicted molar refractivity (Wildman–Crippen MR) is 115 cm³/mol. The second kappa shape index (κ2) is 7.60. The normalized spacial score (nSPS) is 40.9. The Kier molecular flexibility index (Phi) is 5.51. The number of ketones is 2. The summed E-state index contributed by atoms with van der Waals surface area (Å²) >= 11 is 0. The van der Waals surface area contributed by atoms with Gasteiger partial charge in [0, 0.05) is 25.2 Å². The van der Waals surface area contributed by atoms with E-state index in [1.165, 1.54) is 13.3 Å². The molecule has 3 saturated carbocycles. The van der Waals surface area contributed by atoms with Crippen LogP contribution in [0.2, 0.25) is 0 Å². The van der Waals surface area contributed by atoms with Gasteiger partial charge >= 0.3 is 5.97 Å². The molecule has 0 bridgehead atoms. The largest absolute Gasteiger partial charge is 0.423 e. The lowest BCUT2D eigenvalue weighted by Crippen LogP contribution is -2.52. The van der Waals surface area contributed by atoms with E-state index in [4.69, 9.17) is 4.74 Å². The molecule has 0 aromatic heterocycles. The molecule has 3 fully saturated rings. The van der Waals surface area contributed by atoms with E-state index in [1.54, 1.807) is 0 Å². The highest BCUT2D eigenvalue weighted by Crippen LogP contribution is 2.66. The number of allylic oxidation sites excluding steroid dienone is 1. The van der Waals surface area contributed by atoms with Crippen LogP contribution < -0.4 is 0 Å². The molecular formula is C26H38O4. The Balaban J connectivity index is 1.69. The first-order valence-corrected chi connectivity index (χ1v) is 12.1. The third kappa shape index (κ3) is 3.29. The zero-order valence-electron chi connectivity index (χ0n) is 19.4. The van der Waals surface area contributed by atoms with E-state index in [0.717, 1.165) is 50.5 Å². The number of carbonyl (C=O) groups is 3. The van der Waals surface area contributed by atoms with E-state index in [9.17, 15) is 14.4 Å². The minimum atomic E-state index is -0.399. The van der Waals surface area contributed by atoms with Crippen molar-refractivity contribution in [2.75, 3.05) is 0 Å². The maximum absolute atomic E-state index is 13.1. The molecule has 166 valence electrons. The van der Waals surface area contributed by atoms with Crippen LogP contribution in [0.5, 0.6) is 0 Å². The molecular weight excluding hydrogens is 376 g/mol. The van der Waals surface area contributed by atoms with Crippen molar-refractivity contribution in [3.63, 3.8) is 0 Å². The van der Waals surface area contributed by atoms with Crippen molar-refractivity contribution in [1.82, 2.24) is 0 Å². The van der Waals surface area contributed by atoms with Crippen molar-refractivity contribution >= 4 is 17.5 Å². The van der Waals surface area contributed by atoms with Gasteiger partial charge in [0.15, 0.2) is 11.5 Å². The highest BCUT2D eigenvalue weighted by Gasteiger charge is 2.62. The van der Waals surface area contributed by atoms with Crippen LogP contribution in [-0.2, 0) is 19.1 Å². The zero-order chi connectivity index (χ0) is 21.8. The second-order valence-corrected chi connectivity index (χ2v) is 11.4. The lowest BCUT2D eigenvalue weighted by molar-refractivity contribution is -0.143. The highest BCUT2D eigenvalue weighted by molar-refractivity contribution is 5.97. The van der Waals surface area contributed by atoms with Crippen LogP contribution >= 0.6 is 0 Å². The third-order valence-corrected chi connectivity index (χ3v) is 9.28. The summed E-state index contributed by atoms with van der Waals surface area (Å²) in [5, 5.41) is 0. The number of fused-ring (bicyclic) bond motifs is 5. The minimum absolute atomic E-state index is 0.0115. The summed E-state index contributed by atoms with van der Waals surface area (Å²) in [4.78, 5) is 37.4. The van der Waals surface area contributed by atoms with Gasteiger partial charge in [-0.3, -0.25) is 14.4 Å². The molecule has 4 aliphatic carbocycles. The summed E-state index contributed by atoms with van der Waals surface area (Å²) in [6.45, 7) is 10.5. The van der Waals surface area contributed by atoms with Crippen LogP contribution in [0.3, 0.4) is 0 Å². The summed E-state index contributed by atoms with van der Waals surface area (Å²) in [6.07, 6.45) is 8.26. The van der Waals surface area contributed by atoms with Crippen LogP contribution in [0.1, 0.15) is 92.4 Å². The van der Waals surface area contributed by atoms with Crippen molar-refractivity contribution in [3.8, 4) is 0 Å². The predicted octanol–water partition coefficient (Wildman–Crippen LogP) is 5.64. The molecule has 4 aliphatic rings. The van der Waals surface area contributed by atoms with Gasteiger partial charge in [-0.15, -0.1) is 0 Å². The molecule has 0 radical (unpaired) electrons. The van der Waals surface area contributed by atoms with Crippen LogP contribution in [0.4, 0.5) is 0 Å². The van der Waals surface area contributed by atoms with E-state index < -0.39 is 5.97 Å². The van der Waals surface area contributed by atoms with Crippen LogP contribution in [0.15, 0.2) is 11.3 Å². The van der Waals surface area contributed by atoms with Gasteiger partial charge in [0.25, 0.3) is 0 Å². The number of Topliss-reactive ketones (excluding diaryl/α,β-unsaturated/α-hetero) is 2. The number of rotatable bonds is 4. The van der Waals surface area contributed by atoms with E-state index in [2.05, 4.69) is 27.7 Å². The van der Waals surface area contributed by atoms with Gasteiger partial charge in [0.2, 0.25) is 0 Å². The topological polar surface area (TPSA) is 60.4 Å². The Hall–Kier alpha value is -1.45. The molecule has 0 aliphatic heterocycles. The Morgan fingerprint density at radius 2 is 1.83 bits per heavy atom. The van der Waals surface area contributed by atoms with Crippen molar-refractivity contribution in [2.45, 2.75) is 92.4 Å². The number of esters is 1. The van der Waals surface area contributed by atoms with Gasteiger partial charge in [0.1, 0.15) is 5.78 Å². The van der Waals surface area contributed by atoms with Crippen LogP contribution in [0.25, 0.3) is 0 Å². The minimum Gasteiger partial charge on any atom is -0.423 e. The lowest BCUT2D eigenvalue weighted by atomic mass is 9.46. The standard InChI is InChI=1S/C26H38O4/c1-15(2)6-7-17-14-22(29)26(5)12-10-19-18(23(17)26)8-9-20-24(30-16(3)27)21(28)11-13-25(19,20)4/h15,17-19,23H,6-14H2,1-5H3/t17?,18-,19-,23+,25-,26-/m1/s1. The van der Waals surface area contributed by atoms with Gasteiger partial charge in [-0.1, -0.05) is 34.1 Å². The van der Waals surface area contributed by atoms with Crippen molar-refractivity contribution < 1.29 is 19.1 Å². The molecule has 0 N–H and O–H groups in total. The summed E-state index contributed by atoms with van der Waals surface area (Å²) in [5.74, 6) is 3.08. The quantitative estimate of drug-likeness (QED) is 0.559. The molecule has 0 saturated heterocycles. The number of hydrogen-bond donors (Lipinski definition) is 0. The maximum atomic E-state index is 13.1. The SMILES string of the molecule is CC(=O)OC1=C2CC[C@@H]3[C@@H](CC[C@]4(C)C(=O)CC(CCC(C)C)[C@@H]34)[C@@]2(C)CCC1=O.